The quantitative estimate of drug-likeness (QED) is 0.779. The van der Waals surface area contributed by atoms with Gasteiger partial charge in [-0.05, 0) is 18.6 Å². The topological polar surface area (TPSA) is 53.4 Å². The zero-order chi connectivity index (χ0) is 10.8. The van der Waals surface area contributed by atoms with E-state index in [9.17, 15) is 4.79 Å². The predicted molar refractivity (Wildman–Crippen MR) is 57.2 cm³/mol. The van der Waals surface area contributed by atoms with E-state index in [-0.39, 0.29) is 5.92 Å². The average Bonchev–Trinajstić information content (AvgIpc) is 2.66. The fourth-order valence-corrected chi connectivity index (χ4v) is 1.95. The standard InChI is InChI=1S/C10H11ClN2O2/c11-9-5-8(1-3-12-9)13-4-2-7(6-13)10(14)15/h1,3,5,7H,2,4,6H2,(H,14,15). The summed E-state index contributed by atoms with van der Waals surface area (Å²) in [7, 11) is 0. The number of pyridine rings is 1. The van der Waals surface area contributed by atoms with E-state index in [0.29, 0.717) is 18.1 Å². The monoisotopic (exact) mass is 226 g/mol. The number of hydrogen-bond donors (Lipinski definition) is 1. The van der Waals surface area contributed by atoms with Crippen molar-refractivity contribution in [1.82, 2.24) is 4.98 Å². The summed E-state index contributed by atoms with van der Waals surface area (Å²) in [5.74, 6) is -0.991. The van der Waals surface area contributed by atoms with Gasteiger partial charge in [-0.3, -0.25) is 4.79 Å². The van der Waals surface area contributed by atoms with Crippen LogP contribution >= 0.6 is 11.6 Å². The molecule has 1 aromatic heterocycles. The molecule has 0 radical (unpaired) electrons. The Morgan fingerprint density at radius 1 is 1.67 bits per heavy atom. The van der Waals surface area contributed by atoms with Crippen LogP contribution in [0.1, 0.15) is 6.42 Å². The molecular weight excluding hydrogens is 216 g/mol. The molecule has 80 valence electrons. The second-order valence-electron chi connectivity index (χ2n) is 3.61. The summed E-state index contributed by atoms with van der Waals surface area (Å²) in [6, 6.07) is 3.60. The summed E-state index contributed by atoms with van der Waals surface area (Å²) in [4.78, 5) is 16.7. The van der Waals surface area contributed by atoms with E-state index in [1.54, 1.807) is 12.3 Å². The molecule has 1 saturated heterocycles. The Morgan fingerprint density at radius 3 is 3.07 bits per heavy atom. The summed E-state index contributed by atoms with van der Waals surface area (Å²) in [5, 5.41) is 9.30. The Hall–Kier alpha value is -1.29. The van der Waals surface area contributed by atoms with Gasteiger partial charge >= 0.3 is 5.97 Å². The molecule has 4 nitrogen and oxygen atoms in total. The first-order valence-electron chi connectivity index (χ1n) is 4.76. The van der Waals surface area contributed by atoms with E-state index >= 15 is 0 Å². The molecule has 1 N–H and O–H groups in total. The Kier molecular flexibility index (Phi) is 2.77. The van der Waals surface area contributed by atoms with Crippen molar-refractivity contribution in [3.05, 3.63) is 23.5 Å². The van der Waals surface area contributed by atoms with Gasteiger partial charge in [-0.25, -0.2) is 4.98 Å². The first-order valence-corrected chi connectivity index (χ1v) is 5.14. The highest BCUT2D eigenvalue weighted by molar-refractivity contribution is 6.29. The van der Waals surface area contributed by atoms with Gasteiger partial charge in [0.2, 0.25) is 0 Å². The molecule has 0 bridgehead atoms. The van der Waals surface area contributed by atoms with Gasteiger partial charge in [0.1, 0.15) is 5.15 Å². The second kappa shape index (κ2) is 4.06. The number of carboxylic acid groups (broad SMARTS) is 1. The van der Waals surface area contributed by atoms with Crippen molar-refractivity contribution in [3.8, 4) is 0 Å². The summed E-state index contributed by atoms with van der Waals surface area (Å²) < 4.78 is 0. The van der Waals surface area contributed by atoms with Crippen molar-refractivity contribution in [1.29, 1.82) is 0 Å². The van der Waals surface area contributed by atoms with Crippen molar-refractivity contribution >= 4 is 23.3 Å². The normalized spacial score (nSPS) is 20.6. The Morgan fingerprint density at radius 2 is 2.47 bits per heavy atom. The van der Waals surface area contributed by atoms with Crippen LogP contribution in [0.15, 0.2) is 18.3 Å². The highest BCUT2D eigenvalue weighted by Gasteiger charge is 2.28. The number of carbonyl (C=O) groups is 1. The predicted octanol–water partition coefficient (Wildman–Crippen LogP) is 1.65. The van der Waals surface area contributed by atoms with E-state index in [4.69, 9.17) is 16.7 Å². The lowest BCUT2D eigenvalue weighted by Crippen LogP contribution is -2.22. The molecule has 2 heterocycles. The molecular formula is C10H11ClN2O2. The molecule has 0 saturated carbocycles. The third-order valence-corrected chi connectivity index (χ3v) is 2.82. The summed E-state index contributed by atoms with van der Waals surface area (Å²) in [6.07, 6.45) is 2.32. The SMILES string of the molecule is O=C(O)C1CCN(c2ccnc(Cl)c2)C1. The molecule has 0 aliphatic carbocycles. The molecule has 0 aromatic carbocycles. The lowest BCUT2D eigenvalue weighted by molar-refractivity contribution is -0.140. The number of halogens is 1. The smallest absolute Gasteiger partial charge is 0.308 e. The number of aliphatic carboxylic acids is 1. The third kappa shape index (κ3) is 2.21. The summed E-state index contributed by atoms with van der Waals surface area (Å²) in [5.41, 5.74) is 0.943. The average molecular weight is 227 g/mol. The molecule has 1 aromatic rings. The molecule has 0 spiro atoms. The van der Waals surface area contributed by atoms with Gasteiger partial charge in [0, 0.05) is 25.0 Å². The van der Waals surface area contributed by atoms with Crippen LogP contribution in [0.2, 0.25) is 5.15 Å². The van der Waals surface area contributed by atoms with Crippen molar-refractivity contribution in [2.75, 3.05) is 18.0 Å². The summed E-state index contributed by atoms with van der Waals surface area (Å²) in [6.45, 7) is 1.31. The van der Waals surface area contributed by atoms with Crippen LogP contribution in [0, 0.1) is 5.92 Å². The maximum absolute atomic E-state index is 10.8. The van der Waals surface area contributed by atoms with Gasteiger partial charge in [0.15, 0.2) is 0 Å². The molecule has 0 amide bonds. The van der Waals surface area contributed by atoms with Crippen LogP contribution in [0.25, 0.3) is 0 Å². The fraction of sp³-hybridized carbons (Fsp3) is 0.400. The van der Waals surface area contributed by atoms with Crippen molar-refractivity contribution < 1.29 is 9.90 Å². The highest BCUT2D eigenvalue weighted by Crippen LogP contribution is 2.24. The first kappa shape index (κ1) is 10.2. The molecule has 1 unspecified atom stereocenters. The number of anilines is 1. The minimum absolute atomic E-state index is 0.267. The van der Waals surface area contributed by atoms with E-state index in [1.165, 1.54) is 0 Å². The van der Waals surface area contributed by atoms with Crippen LogP contribution < -0.4 is 4.90 Å². The number of carboxylic acids is 1. The van der Waals surface area contributed by atoms with Gasteiger partial charge in [-0.15, -0.1) is 0 Å². The van der Waals surface area contributed by atoms with E-state index in [2.05, 4.69) is 4.98 Å². The second-order valence-corrected chi connectivity index (χ2v) is 3.99. The fourth-order valence-electron chi connectivity index (χ4n) is 1.79. The highest BCUT2D eigenvalue weighted by atomic mass is 35.5. The van der Waals surface area contributed by atoms with Crippen LogP contribution in [-0.2, 0) is 4.79 Å². The maximum atomic E-state index is 10.8. The zero-order valence-electron chi connectivity index (χ0n) is 8.06. The molecule has 15 heavy (non-hydrogen) atoms. The first-order chi connectivity index (χ1) is 7.16. The maximum Gasteiger partial charge on any atom is 0.308 e. The molecule has 1 aliphatic heterocycles. The summed E-state index contributed by atoms with van der Waals surface area (Å²) >= 11 is 5.77. The van der Waals surface area contributed by atoms with E-state index in [0.717, 1.165) is 12.2 Å². The molecule has 5 heteroatoms. The van der Waals surface area contributed by atoms with Crippen molar-refractivity contribution in [3.63, 3.8) is 0 Å². The van der Waals surface area contributed by atoms with Gasteiger partial charge in [-0.1, -0.05) is 11.6 Å². The molecule has 2 rings (SSSR count). The third-order valence-electron chi connectivity index (χ3n) is 2.61. The minimum atomic E-state index is -0.724. The van der Waals surface area contributed by atoms with Crippen molar-refractivity contribution in [2.45, 2.75) is 6.42 Å². The lowest BCUT2D eigenvalue weighted by atomic mass is 10.1. The van der Waals surface area contributed by atoms with Crippen molar-refractivity contribution in [2.24, 2.45) is 5.92 Å². The van der Waals surface area contributed by atoms with Crippen LogP contribution in [-0.4, -0.2) is 29.1 Å². The lowest BCUT2D eigenvalue weighted by Gasteiger charge is -2.17. The minimum Gasteiger partial charge on any atom is -0.481 e. The largest absolute Gasteiger partial charge is 0.481 e. The van der Waals surface area contributed by atoms with Gasteiger partial charge in [0.25, 0.3) is 0 Å². The Balaban J connectivity index is 2.11. The number of aromatic nitrogens is 1. The van der Waals surface area contributed by atoms with Crippen LogP contribution in [0.4, 0.5) is 5.69 Å². The number of rotatable bonds is 2. The van der Waals surface area contributed by atoms with Crippen LogP contribution in [0.5, 0.6) is 0 Å². The molecule has 1 aliphatic rings. The van der Waals surface area contributed by atoms with Gasteiger partial charge in [-0.2, -0.15) is 0 Å². The van der Waals surface area contributed by atoms with Crippen LogP contribution in [0.3, 0.4) is 0 Å². The molecule has 1 fully saturated rings. The zero-order valence-corrected chi connectivity index (χ0v) is 8.81. The Labute approximate surface area is 92.5 Å². The van der Waals surface area contributed by atoms with Gasteiger partial charge < -0.3 is 10.0 Å². The number of hydrogen-bond acceptors (Lipinski definition) is 3. The molecule has 1 atom stereocenters. The Bertz CT molecular complexity index is 383. The van der Waals surface area contributed by atoms with Gasteiger partial charge in [0.05, 0.1) is 5.92 Å². The van der Waals surface area contributed by atoms with E-state index in [1.807, 2.05) is 11.0 Å². The van der Waals surface area contributed by atoms with E-state index < -0.39 is 5.97 Å². The number of nitrogens with zero attached hydrogens (tertiary/aromatic N) is 2.